The minimum absolute atomic E-state index is 0.0238. The molecule has 11 heteroatoms. The highest BCUT2D eigenvalue weighted by molar-refractivity contribution is 7.14. The van der Waals surface area contributed by atoms with Crippen molar-refractivity contribution < 1.29 is 24.0 Å². The maximum atomic E-state index is 13.1. The SMILES string of the molecule is CCOC(=O)C1=C(C)N=C(C)C(C(=O)OCC)C1c1cccc(Nc2nc(-c3ccccc3[N+](=O)[O-])cs2)c1. The number of carbonyl (C=O) groups is 2. The fourth-order valence-corrected chi connectivity index (χ4v) is 5.38. The number of nitro benzene ring substituents is 1. The van der Waals surface area contributed by atoms with E-state index in [1.54, 1.807) is 51.3 Å². The van der Waals surface area contributed by atoms with Crippen LogP contribution in [0.2, 0.25) is 0 Å². The number of para-hydroxylation sites is 1. The Hall–Kier alpha value is -4.38. The van der Waals surface area contributed by atoms with Gasteiger partial charge in [-0.3, -0.25) is 19.9 Å². The number of aliphatic imine (C=N–C) groups is 1. The third kappa shape index (κ3) is 5.88. The molecule has 0 aliphatic carbocycles. The Morgan fingerprint density at radius 2 is 1.82 bits per heavy atom. The van der Waals surface area contributed by atoms with E-state index in [1.807, 2.05) is 24.3 Å². The van der Waals surface area contributed by atoms with Crippen LogP contribution in [-0.4, -0.2) is 40.8 Å². The van der Waals surface area contributed by atoms with Gasteiger partial charge in [0.2, 0.25) is 0 Å². The molecule has 0 saturated carbocycles. The highest BCUT2D eigenvalue weighted by Gasteiger charge is 2.42. The first kappa shape index (κ1) is 27.6. The molecular weight excluding hydrogens is 520 g/mol. The molecule has 202 valence electrons. The Morgan fingerprint density at radius 3 is 2.54 bits per heavy atom. The van der Waals surface area contributed by atoms with Crippen molar-refractivity contribution in [2.24, 2.45) is 10.9 Å². The minimum atomic E-state index is -0.798. The molecule has 2 unspecified atom stereocenters. The lowest BCUT2D eigenvalue weighted by Crippen LogP contribution is -2.36. The van der Waals surface area contributed by atoms with E-state index in [1.165, 1.54) is 17.4 Å². The second kappa shape index (κ2) is 12.0. The molecule has 3 aromatic rings. The second-order valence-electron chi connectivity index (χ2n) is 8.74. The first-order valence-corrected chi connectivity index (χ1v) is 13.3. The topological polar surface area (TPSA) is 133 Å². The zero-order valence-corrected chi connectivity index (χ0v) is 22.8. The van der Waals surface area contributed by atoms with Gasteiger partial charge in [0.15, 0.2) is 5.13 Å². The van der Waals surface area contributed by atoms with Crippen LogP contribution in [0.3, 0.4) is 0 Å². The standard InChI is InChI=1S/C28H28N4O6S/c1-5-37-26(33)23-16(3)29-17(4)24(27(34)38-6-2)25(23)18-10-9-11-19(14-18)30-28-31-21(15-39-28)20-12-7-8-13-22(20)32(35)36/h7-15,23,25H,5-6H2,1-4H3,(H,30,31). The van der Waals surface area contributed by atoms with Crippen LogP contribution < -0.4 is 5.32 Å². The molecular formula is C28H28N4O6S. The molecule has 39 heavy (non-hydrogen) atoms. The lowest BCUT2D eigenvalue weighted by molar-refractivity contribution is -0.384. The van der Waals surface area contributed by atoms with E-state index in [0.29, 0.717) is 44.6 Å². The van der Waals surface area contributed by atoms with E-state index >= 15 is 0 Å². The van der Waals surface area contributed by atoms with Gasteiger partial charge in [0.05, 0.1) is 35.0 Å². The predicted molar refractivity (Wildman–Crippen MR) is 149 cm³/mol. The molecule has 0 amide bonds. The summed E-state index contributed by atoms with van der Waals surface area (Å²) in [4.78, 5) is 46.2. The number of nitrogens with zero attached hydrogens (tertiary/aromatic N) is 3. The third-order valence-corrected chi connectivity index (χ3v) is 7.00. The number of anilines is 2. The van der Waals surface area contributed by atoms with Crippen molar-refractivity contribution in [1.82, 2.24) is 4.98 Å². The van der Waals surface area contributed by atoms with Gasteiger partial charge in [0.1, 0.15) is 5.92 Å². The average Bonchev–Trinajstić information content (AvgIpc) is 3.36. The molecule has 0 bridgehead atoms. The van der Waals surface area contributed by atoms with Gasteiger partial charge in [-0.15, -0.1) is 11.3 Å². The van der Waals surface area contributed by atoms with Crippen molar-refractivity contribution in [1.29, 1.82) is 0 Å². The highest BCUT2D eigenvalue weighted by Crippen LogP contribution is 2.41. The van der Waals surface area contributed by atoms with Crippen LogP contribution >= 0.6 is 11.3 Å². The normalized spacial score (nSPS) is 16.9. The lowest BCUT2D eigenvalue weighted by atomic mass is 9.75. The maximum absolute atomic E-state index is 13.1. The molecule has 1 aliphatic rings. The number of nitro groups is 1. The highest BCUT2D eigenvalue weighted by atomic mass is 32.1. The molecule has 2 atom stereocenters. The summed E-state index contributed by atoms with van der Waals surface area (Å²) >= 11 is 1.30. The Morgan fingerprint density at radius 1 is 1.08 bits per heavy atom. The van der Waals surface area contributed by atoms with Gasteiger partial charge >= 0.3 is 11.9 Å². The Balaban J connectivity index is 1.70. The second-order valence-corrected chi connectivity index (χ2v) is 9.60. The van der Waals surface area contributed by atoms with E-state index in [0.717, 1.165) is 0 Å². The van der Waals surface area contributed by atoms with Crippen LogP contribution in [0.4, 0.5) is 16.5 Å². The summed E-state index contributed by atoms with van der Waals surface area (Å²) in [6, 6.07) is 13.8. The van der Waals surface area contributed by atoms with E-state index in [2.05, 4.69) is 15.3 Å². The zero-order valence-electron chi connectivity index (χ0n) is 22.0. The molecule has 4 rings (SSSR count). The van der Waals surface area contributed by atoms with Gasteiger partial charge in [-0.1, -0.05) is 24.3 Å². The summed E-state index contributed by atoms with van der Waals surface area (Å²) in [5, 5.41) is 17.0. The van der Waals surface area contributed by atoms with Crippen molar-refractivity contribution in [3.8, 4) is 11.3 Å². The molecule has 0 radical (unpaired) electrons. The summed E-state index contributed by atoms with van der Waals surface area (Å²) in [7, 11) is 0. The predicted octanol–water partition coefficient (Wildman–Crippen LogP) is 6.04. The zero-order chi connectivity index (χ0) is 28.1. The number of esters is 2. The number of ether oxygens (including phenoxy) is 2. The Labute approximate surface area is 229 Å². The number of benzene rings is 2. The van der Waals surface area contributed by atoms with Crippen molar-refractivity contribution in [3.05, 3.63) is 80.9 Å². The quantitative estimate of drug-likeness (QED) is 0.194. The van der Waals surface area contributed by atoms with E-state index in [9.17, 15) is 19.7 Å². The number of nitrogens with one attached hydrogen (secondary N) is 1. The molecule has 0 spiro atoms. The van der Waals surface area contributed by atoms with Gasteiger partial charge in [-0.2, -0.15) is 0 Å². The van der Waals surface area contributed by atoms with Gasteiger partial charge in [-0.25, -0.2) is 9.78 Å². The van der Waals surface area contributed by atoms with E-state index in [-0.39, 0.29) is 18.9 Å². The Kier molecular flexibility index (Phi) is 8.50. The van der Waals surface area contributed by atoms with Gasteiger partial charge in [0.25, 0.3) is 5.69 Å². The summed E-state index contributed by atoms with van der Waals surface area (Å²) in [5.41, 5.74) is 3.60. The van der Waals surface area contributed by atoms with Gasteiger partial charge in [0, 0.05) is 34.5 Å². The largest absolute Gasteiger partial charge is 0.465 e. The van der Waals surface area contributed by atoms with E-state index < -0.39 is 28.7 Å². The van der Waals surface area contributed by atoms with Crippen molar-refractivity contribution in [2.45, 2.75) is 33.6 Å². The molecule has 1 aromatic heterocycles. The van der Waals surface area contributed by atoms with Crippen LogP contribution in [0, 0.1) is 16.0 Å². The van der Waals surface area contributed by atoms with Crippen LogP contribution in [0.25, 0.3) is 11.3 Å². The number of hydrogen-bond donors (Lipinski definition) is 1. The van der Waals surface area contributed by atoms with Crippen LogP contribution in [0.15, 0.2) is 70.2 Å². The van der Waals surface area contributed by atoms with Crippen LogP contribution in [-0.2, 0) is 19.1 Å². The Bertz CT molecular complexity index is 1480. The molecule has 1 aliphatic heterocycles. The van der Waals surface area contributed by atoms with Crippen molar-refractivity contribution in [2.75, 3.05) is 18.5 Å². The number of rotatable bonds is 9. The minimum Gasteiger partial charge on any atom is -0.465 e. The summed E-state index contributed by atoms with van der Waals surface area (Å²) in [6.07, 6.45) is 0. The number of hydrogen-bond acceptors (Lipinski definition) is 10. The molecule has 10 nitrogen and oxygen atoms in total. The van der Waals surface area contributed by atoms with Crippen LogP contribution in [0.5, 0.6) is 0 Å². The van der Waals surface area contributed by atoms with E-state index in [4.69, 9.17) is 9.47 Å². The number of allylic oxidation sites excluding steroid dienone is 1. The number of thiazole rings is 1. The molecule has 1 N–H and O–H groups in total. The van der Waals surface area contributed by atoms with Crippen LogP contribution in [0.1, 0.15) is 39.2 Å². The van der Waals surface area contributed by atoms with Gasteiger partial charge < -0.3 is 14.8 Å². The fraction of sp³-hybridized carbons (Fsp3) is 0.286. The maximum Gasteiger partial charge on any atom is 0.336 e. The molecule has 2 heterocycles. The number of aromatic nitrogens is 1. The van der Waals surface area contributed by atoms with Crippen molar-refractivity contribution in [3.63, 3.8) is 0 Å². The third-order valence-electron chi connectivity index (χ3n) is 6.24. The molecule has 0 saturated heterocycles. The average molecular weight is 549 g/mol. The summed E-state index contributed by atoms with van der Waals surface area (Å²) < 4.78 is 10.7. The first-order chi connectivity index (χ1) is 18.7. The molecule has 2 aromatic carbocycles. The summed E-state index contributed by atoms with van der Waals surface area (Å²) in [6.45, 7) is 7.31. The fourth-order valence-electron chi connectivity index (χ4n) is 4.65. The molecule has 0 fully saturated rings. The number of carbonyl (C=O) groups excluding carboxylic acids is 2. The first-order valence-electron chi connectivity index (χ1n) is 12.4. The summed E-state index contributed by atoms with van der Waals surface area (Å²) in [5.74, 6) is -2.46. The van der Waals surface area contributed by atoms with Crippen molar-refractivity contribution >= 4 is 45.5 Å². The monoisotopic (exact) mass is 548 g/mol. The van der Waals surface area contributed by atoms with Gasteiger partial charge in [-0.05, 0) is 51.5 Å². The smallest absolute Gasteiger partial charge is 0.336 e. The lowest BCUT2D eigenvalue weighted by Gasteiger charge is -2.31.